The van der Waals surface area contributed by atoms with E-state index in [1.54, 1.807) is 0 Å². The third-order valence-corrected chi connectivity index (χ3v) is 6.35. The lowest BCUT2D eigenvalue weighted by atomic mass is 10.1. The predicted octanol–water partition coefficient (Wildman–Crippen LogP) is 2.20. The van der Waals surface area contributed by atoms with Crippen molar-refractivity contribution in [1.82, 2.24) is 20.4 Å². The van der Waals surface area contributed by atoms with E-state index in [0.29, 0.717) is 12.6 Å². The molecule has 0 spiro atoms. The van der Waals surface area contributed by atoms with Gasteiger partial charge in [0.2, 0.25) is 0 Å². The van der Waals surface area contributed by atoms with Crippen molar-refractivity contribution in [2.24, 2.45) is 4.99 Å². The SMILES string of the molecule is CCNC(=NCc1ccc(CN2CCCC2)cc1)NCC1CN2CCCC2CO1. The summed E-state index contributed by atoms with van der Waals surface area (Å²) in [6.45, 7) is 11.2. The largest absolute Gasteiger partial charge is 0.373 e. The molecule has 0 aliphatic carbocycles. The van der Waals surface area contributed by atoms with Crippen LogP contribution in [-0.4, -0.2) is 73.8 Å². The van der Waals surface area contributed by atoms with Gasteiger partial charge in [-0.3, -0.25) is 9.80 Å². The fraction of sp³-hybridized carbons (Fsp3) is 0.696. The maximum Gasteiger partial charge on any atom is 0.191 e. The van der Waals surface area contributed by atoms with Crippen LogP contribution in [0.15, 0.2) is 29.3 Å². The van der Waals surface area contributed by atoms with E-state index in [1.165, 1.54) is 56.4 Å². The van der Waals surface area contributed by atoms with Crippen LogP contribution in [0.4, 0.5) is 0 Å². The molecule has 1 aromatic carbocycles. The minimum atomic E-state index is 0.248. The number of guanidine groups is 1. The summed E-state index contributed by atoms with van der Waals surface area (Å²) in [6, 6.07) is 9.60. The van der Waals surface area contributed by atoms with Gasteiger partial charge in [-0.1, -0.05) is 24.3 Å². The van der Waals surface area contributed by atoms with E-state index in [-0.39, 0.29) is 6.10 Å². The van der Waals surface area contributed by atoms with Crippen LogP contribution < -0.4 is 10.6 Å². The van der Waals surface area contributed by atoms with E-state index in [4.69, 9.17) is 9.73 Å². The number of likely N-dealkylation sites (tertiary alicyclic amines) is 1. The first-order valence-electron chi connectivity index (χ1n) is 11.5. The smallest absolute Gasteiger partial charge is 0.191 e. The molecule has 0 saturated carbocycles. The molecule has 3 saturated heterocycles. The number of aliphatic imine (C=N–C) groups is 1. The number of benzene rings is 1. The van der Waals surface area contributed by atoms with Gasteiger partial charge in [0.1, 0.15) is 0 Å². The van der Waals surface area contributed by atoms with Crippen LogP contribution in [-0.2, 0) is 17.8 Å². The second-order valence-electron chi connectivity index (χ2n) is 8.62. The van der Waals surface area contributed by atoms with Gasteiger partial charge >= 0.3 is 0 Å². The molecular weight excluding hydrogens is 362 g/mol. The highest BCUT2D eigenvalue weighted by Crippen LogP contribution is 2.22. The Kier molecular flexibility index (Phi) is 7.41. The number of hydrogen-bond donors (Lipinski definition) is 2. The molecule has 4 rings (SSSR count). The summed E-state index contributed by atoms with van der Waals surface area (Å²) in [5.41, 5.74) is 2.65. The molecular formula is C23H37N5O. The number of nitrogens with one attached hydrogen (secondary N) is 2. The molecule has 3 fully saturated rings. The maximum absolute atomic E-state index is 6.06. The van der Waals surface area contributed by atoms with Crippen molar-refractivity contribution in [2.75, 3.05) is 45.9 Å². The zero-order valence-electron chi connectivity index (χ0n) is 17.9. The second-order valence-corrected chi connectivity index (χ2v) is 8.62. The highest BCUT2D eigenvalue weighted by atomic mass is 16.5. The van der Waals surface area contributed by atoms with Gasteiger partial charge in [-0.25, -0.2) is 4.99 Å². The van der Waals surface area contributed by atoms with Crippen LogP contribution in [0.1, 0.15) is 43.7 Å². The van der Waals surface area contributed by atoms with Gasteiger partial charge < -0.3 is 15.4 Å². The number of fused-ring (bicyclic) bond motifs is 1. The van der Waals surface area contributed by atoms with Crippen LogP contribution >= 0.6 is 0 Å². The minimum absolute atomic E-state index is 0.248. The Labute approximate surface area is 175 Å². The number of nitrogens with zero attached hydrogens (tertiary/aromatic N) is 3. The first-order valence-corrected chi connectivity index (χ1v) is 11.5. The predicted molar refractivity (Wildman–Crippen MR) is 118 cm³/mol. The molecule has 6 nitrogen and oxygen atoms in total. The Morgan fingerprint density at radius 2 is 1.86 bits per heavy atom. The molecule has 29 heavy (non-hydrogen) atoms. The topological polar surface area (TPSA) is 52.1 Å². The van der Waals surface area contributed by atoms with Crippen molar-refractivity contribution in [3.8, 4) is 0 Å². The molecule has 2 unspecified atom stereocenters. The molecule has 160 valence electrons. The van der Waals surface area contributed by atoms with E-state index >= 15 is 0 Å². The zero-order chi connectivity index (χ0) is 19.9. The summed E-state index contributed by atoms with van der Waals surface area (Å²) in [5.74, 6) is 0.876. The van der Waals surface area contributed by atoms with Gasteiger partial charge in [0.25, 0.3) is 0 Å². The van der Waals surface area contributed by atoms with Crippen molar-refractivity contribution in [3.63, 3.8) is 0 Å². The molecule has 6 heteroatoms. The number of hydrogen-bond acceptors (Lipinski definition) is 4. The van der Waals surface area contributed by atoms with E-state index in [1.807, 2.05) is 0 Å². The van der Waals surface area contributed by atoms with Crippen molar-refractivity contribution in [2.45, 2.75) is 57.8 Å². The molecule has 0 radical (unpaired) electrons. The summed E-state index contributed by atoms with van der Waals surface area (Å²) < 4.78 is 6.06. The average molecular weight is 400 g/mol. The third-order valence-electron chi connectivity index (χ3n) is 6.35. The van der Waals surface area contributed by atoms with Crippen molar-refractivity contribution >= 4 is 5.96 Å². The van der Waals surface area contributed by atoms with E-state index in [0.717, 1.165) is 38.7 Å². The minimum Gasteiger partial charge on any atom is -0.373 e. The average Bonchev–Trinajstić information content (AvgIpc) is 3.42. The molecule has 0 bridgehead atoms. The van der Waals surface area contributed by atoms with Gasteiger partial charge in [-0.15, -0.1) is 0 Å². The van der Waals surface area contributed by atoms with Crippen molar-refractivity contribution < 1.29 is 4.74 Å². The first kappa shape index (κ1) is 20.6. The van der Waals surface area contributed by atoms with E-state index < -0.39 is 0 Å². The molecule has 2 N–H and O–H groups in total. The van der Waals surface area contributed by atoms with Gasteiger partial charge in [-0.05, 0) is 63.4 Å². The highest BCUT2D eigenvalue weighted by molar-refractivity contribution is 5.79. The Morgan fingerprint density at radius 1 is 1.07 bits per heavy atom. The molecule has 0 aromatic heterocycles. The normalized spacial score (nSPS) is 25.9. The molecule has 3 aliphatic rings. The molecule has 3 aliphatic heterocycles. The summed E-state index contributed by atoms with van der Waals surface area (Å²) >= 11 is 0. The Hall–Kier alpha value is -1.63. The third kappa shape index (κ3) is 5.93. The summed E-state index contributed by atoms with van der Waals surface area (Å²) in [5, 5.41) is 6.84. The second kappa shape index (κ2) is 10.4. The van der Waals surface area contributed by atoms with Crippen LogP contribution in [0.2, 0.25) is 0 Å². The van der Waals surface area contributed by atoms with Gasteiger partial charge in [0.15, 0.2) is 5.96 Å². The monoisotopic (exact) mass is 399 g/mol. The standard InChI is InChI=1S/C23H37N5O/c1-2-24-23(26-15-22-17-28-13-5-6-21(28)18-29-22)25-14-19-7-9-20(10-8-19)16-27-11-3-4-12-27/h7-10,21-22H,2-6,11-18H2,1H3,(H2,24,25,26). The fourth-order valence-electron chi connectivity index (χ4n) is 4.68. The van der Waals surface area contributed by atoms with E-state index in [2.05, 4.69) is 51.6 Å². The van der Waals surface area contributed by atoms with Crippen molar-refractivity contribution in [3.05, 3.63) is 35.4 Å². The zero-order valence-corrected chi connectivity index (χ0v) is 17.9. The number of ether oxygens (including phenoxy) is 1. The molecule has 2 atom stereocenters. The Balaban J connectivity index is 1.25. The van der Waals surface area contributed by atoms with Crippen LogP contribution in [0.5, 0.6) is 0 Å². The number of morpholine rings is 1. The van der Waals surface area contributed by atoms with Gasteiger partial charge in [0.05, 0.1) is 19.3 Å². The molecule has 1 aromatic rings. The summed E-state index contributed by atoms with van der Waals surface area (Å²) in [7, 11) is 0. The summed E-state index contributed by atoms with van der Waals surface area (Å²) in [6.07, 6.45) is 5.55. The fourth-order valence-corrected chi connectivity index (χ4v) is 4.68. The lowest BCUT2D eigenvalue weighted by molar-refractivity contribution is -0.0453. The number of rotatable bonds is 7. The lowest BCUT2D eigenvalue weighted by Crippen LogP contribution is -2.51. The lowest BCUT2D eigenvalue weighted by Gasteiger charge is -2.35. The Bertz CT molecular complexity index is 656. The van der Waals surface area contributed by atoms with E-state index in [9.17, 15) is 0 Å². The van der Waals surface area contributed by atoms with Crippen LogP contribution in [0.25, 0.3) is 0 Å². The highest BCUT2D eigenvalue weighted by Gasteiger charge is 2.32. The summed E-state index contributed by atoms with van der Waals surface area (Å²) in [4.78, 5) is 9.91. The molecule has 0 amide bonds. The van der Waals surface area contributed by atoms with Gasteiger partial charge in [-0.2, -0.15) is 0 Å². The maximum atomic E-state index is 6.06. The Morgan fingerprint density at radius 3 is 2.66 bits per heavy atom. The van der Waals surface area contributed by atoms with Crippen LogP contribution in [0, 0.1) is 0 Å². The quantitative estimate of drug-likeness (QED) is 0.544. The van der Waals surface area contributed by atoms with Gasteiger partial charge in [0, 0.05) is 32.2 Å². The molecule has 3 heterocycles. The van der Waals surface area contributed by atoms with Crippen molar-refractivity contribution in [1.29, 1.82) is 0 Å². The first-order chi connectivity index (χ1) is 14.3. The van der Waals surface area contributed by atoms with Crippen LogP contribution in [0.3, 0.4) is 0 Å².